The first-order valence-electron chi connectivity index (χ1n) is 9.81. The number of aromatic hydroxyl groups is 1. The number of benzene rings is 3. The van der Waals surface area contributed by atoms with Gasteiger partial charge in [-0.25, -0.2) is 4.68 Å². The van der Waals surface area contributed by atoms with E-state index in [9.17, 15) is 5.11 Å². The molecular formula is C25H22N2O. The van der Waals surface area contributed by atoms with Gasteiger partial charge in [-0.3, -0.25) is 0 Å². The van der Waals surface area contributed by atoms with E-state index in [0.717, 1.165) is 53.8 Å². The average Bonchev–Trinajstić information content (AvgIpc) is 3.20. The quantitative estimate of drug-likeness (QED) is 0.534. The lowest BCUT2D eigenvalue weighted by molar-refractivity contribution is 0.468. The van der Waals surface area contributed by atoms with E-state index in [-0.39, 0.29) is 0 Å². The first-order chi connectivity index (χ1) is 13.8. The summed E-state index contributed by atoms with van der Waals surface area (Å²) >= 11 is 0. The lowest BCUT2D eigenvalue weighted by atomic mass is 9.91. The number of aromatic nitrogens is 2. The molecule has 28 heavy (non-hydrogen) atoms. The van der Waals surface area contributed by atoms with Gasteiger partial charge in [-0.1, -0.05) is 54.6 Å². The summed E-state index contributed by atoms with van der Waals surface area (Å²) in [7, 11) is 0. The second-order valence-corrected chi connectivity index (χ2v) is 7.39. The highest BCUT2D eigenvalue weighted by Crippen LogP contribution is 2.38. The number of nitrogens with zero attached hydrogens (tertiary/aromatic N) is 2. The Kier molecular flexibility index (Phi) is 4.21. The largest absolute Gasteiger partial charge is 0.507 e. The van der Waals surface area contributed by atoms with Crippen molar-refractivity contribution >= 4 is 0 Å². The van der Waals surface area contributed by atoms with Crippen molar-refractivity contribution in [3.8, 4) is 22.7 Å². The monoisotopic (exact) mass is 366 g/mol. The summed E-state index contributed by atoms with van der Waals surface area (Å²) < 4.78 is 1.92. The summed E-state index contributed by atoms with van der Waals surface area (Å²) in [5.41, 5.74) is 7.63. The highest BCUT2D eigenvalue weighted by molar-refractivity contribution is 5.74. The Bertz CT molecular complexity index is 1110. The maximum atomic E-state index is 11.2. The molecule has 0 saturated carbocycles. The molecule has 1 aromatic heterocycles. The van der Waals surface area contributed by atoms with Gasteiger partial charge in [0.05, 0.1) is 17.6 Å². The minimum absolute atomic E-state index is 0.394. The summed E-state index contributed by atoms with van der Waals surface area (Å²) in [4.78, 5) is 0. The van der Waals surface area contributed by atoms with Crippen LogP contribution in [-0.2, 0) is 25.7 Å². The smallest absolute Gasteiger partial charge is 0.128 e. The molecule has 0 amide bonds. The zero-order valence-corrected chi connectivity index (χ0v) is 15.7. The van der Waals surface area contributed by atoms with Gasteiger partial charge in [0.2, 0.25) is 0 Å². The van der Waals surface area contributed by atoms with Crippen LogP contribution < -0.4 is 0 Å². The molecule has 3 nitrogen and oxygen atoms in total. The van der Waals surface area contributed by atoms with E-state index in [1.807, 2.05) is 41.1 Å². The van der Waals surface area contributed by atoms with Crippen molar-refractivity contribution in [1.82, 2.24) is 9.78 Å². The van der Waals surface area contributed by atoms with Gasteiger partial charge in [-0.05, 0) is 66.1 Å². The van der Waals surface area contributed by atoms with Crippen molar-refractivity contribution < 1.29 is 5.11 Å². The maximum Gasteiger partial charge on any atom is 0.128 e. The molecule has 0 spiro atoms. The van der Waals surface area contributed by atoms with Crippen LogP contribution in [0.15, 0.2) is 79.0 Å². The second-order valence-electron chi connectivity index (χ2n) is 7.39. The Hall–Kier alpha value is -3.33. The molecule has 0 radical (unpaired) electrons. The topological polar surface area (TPSA) is 38.1 Å². The van der Waals surface area contributed by atoms with Crippen LogP contribution in [0.1, 0.15) is 22.3 Å². The van der Waals surface area contributed by atoms with E-state index in [1.165, 1.54) is 11.1 Å². The summed E-state index contributed by atoms with van der Waals surface area (Å²) in [6.45, 7) is 0. The van der Waals surface area contributed by atoms with E-state index >= 15 is 0 Å². The van der Waals surface area contributed by atoms with Crippen LogP contribution in [0.3, 0.4) is 0 Å². The number of phenolic OH excluding ortho intramolecular Hbond substituents is 1. The first-order valence-corrected chi connectivity index (χ1v) is 9.81. The van der Waals surface area contributed by atoms with Crippen LogP contribution in [0, 0.1) is 0 Å². The first kappa shape index (κ1) is 16.8. The van der Waals surface area contributed by atoms with E-state index in [1.54, 1.807) is 6.20 Å². The molecule has 0 fully saturated rings. The highest BCUT2D eigenvalue weighted by atomic mass is 16.3. The molecule has 0 unspecified atom stereocenters. The number of phenols is 1. The second kappa shape index (κ2) is 7.01. The van der Waals surface area contributed by atoms with Gasteiger partial charge >= 0.3 is 0 Å². The van der Waals surface area contributed by atoms with Crippen LogP contribution in [0.5, 0.6) is 5.75 Å². The van der Waals surface area contributed by atoms with Crippen LogP contribution in [0.25, 0.3) is 16.9 Å². The Morgan fingerprint density at radius 3 is 2.04 bits per heavy atom. The Labute approximate surface area is 164 Å². The third kappa shape index (κ3) is 2.99. The number of hydrogen-bond donors (Lipinski definition) is 1. The molecule has 3 heteroatoms. The predicted molar refractivity (Wildman–Crippen MR) is 112 cm³/mol. The molecule has 138 valence electrons. The molecule has 1 heterocycles. The number of hydrogen-bond acceptors (Lipinski definition) is 2. The fourth-order valence-corrected chi connectivity index (χ4v) is 4.07. The van der Waals surface area contributed by atoms with Gasteiger partial charge in [0, 0.05) is 5.56 Å². The normalized spacial score (nSPS) is 13.3. The zero-order chi connectivity index (χ0) is 18.9. The van der Waals surface area contributed by atoms with Gasteiger partial charge in [-0.2, -0.15) is 5.10 Å². The molecular weight excluding hydrogens is 344 g/mol. The van der Waals surface area contributed by atoms with Crippen molar-refractivity contribution in [2.45, 2.75) is 25.7 Å². The van der Waals surface area contributed by atoms with Gasteiger partial charge < -0.3 is 5.11 Å². The van der Waals surface area contributed by atoms with Crippen molar-refractivity contribution in [1.29, 1.82) is 0 Å². The molecule has 8 rings (SSSR count). The summed E-state index contributed by atoms with van der Waals surface area (Å²) in [6.07, 6.45) is 5.37. The Morgan fingerprint density at radius 1 is 0.679 bits per heavy atom. The predicted octanol–water partition coefficient (Wildman–Crippen LogP) is 5.13. The van der Waals surface area contributed by atoms with Gasteiger partial charge in [0.25, 0.3) is 0 Å². The van der Waals surface area contributed by atoms with Crippen molar-refractivity contribution in [3.05, 3.63) is 101 Å². The van der Waals surface area contributed by atoms with Crippen LogP contribution >= 0.6 is 0 Å². The Morgan fingerprint density at radius 2 is 1.32 bits per heavy atom. The zero-order valence-electron chi connectivity index (χ0n) is 15.7. The fourth-order valence-electron chi connectivity index (χ4n) is 4.07. The lowest BCUT2D eigenvalue weighted by Crippen LogP contribution is -2.04. The van der Waals surface area contributed by atoms with Crippen molar-refractivity contribution in [3.63, 3.8) is 0 Å². The van der Waals surface area contributed by atoms with E-state index in [4.69, 9.17) is 0 Å². The average molecular weight is 366 g/mol. The van der Waals surface area contributed by atoms with Crippen LogP contribution in [-0.4, -0.2) is 14.9 Å². The SMILES string of the molecule is Oc1c2ccc(c1-c1ccnn1-c1ccccc1)CCc1ccc(cc1)CC2. The lowest BCUT2D eigenvalue weighted by Gasteiger charge is -2.18. The number of para-hydroxylation sites is 1. The minimum atomic E-state index is 0.394. The van der Waals surface area contributed by atoms with E-state index in [2.05, 4.69) is 41.5 Å². The van der Waals surface area contributed by atoms with Crippen LogP contribution in [0.2, 0.25) is 0 Å². The summed E-state index contributed by atoms with van der Waals surface area (Å²) in [5, 5.41) is 15.8. The molecule has 0 aliphatic heterocycles. The molecule has 1 N–H and O–H groups in total. The van der Waals surface area contributed by atoms with E-state index in [0.29, 0.717) is 5.75 Å². The summed E-state index contributed by atoms with van der Waals surface area (Å²) in [5.74, 6) is 0.394. The van der Waals surface area contributed by atoms with Crippen LogP contribution in [0.4, 0.5) is 0 Å². The molecule has 4 aliphatic rings. The third-order valence-electron chi connectivity index (χ3n) is 5.64. The third-order valence-corrected chi connectivity index (χ3v) is 5.64. The molecule has 0 atom stereocenters. The van der Waals surface area contributed by atoms with Gasteiger partial charge in [-0.15, -0.1) is 0 Å². The van der Waals surface area contributed by atoms with Crippen molar-refractivity contribution in [2.75, 3.05) is 0 Å². The fraction of sp³-hybridized carbons (Fsp3) is 0.160. The number of aryl methyl sites for hydroxylation is 4. The summed E-state index contributed by atoms with van der Waals surface area (Å²) in [6, 6.07) is 25.2. The molecule has 4 aromatic rings. The minimum Gasteiger partial charge on any atom is -0.507 e. The van der Waals surface area contributed by atoms with Crippen molar-refractivity contribution in [2.24, 2.45) is 0 Å². The molecule has 3 aromatic carbocycles. The highest BCUT2D eigenvalue weighted by Gasteiger charge is 2.19. The Balaban J connectivity index is 1.66. The molecule has 0 saturated heterocycles. The van der Waals surface area contributed by atoms with Gasteiger partial charge in [0.1, 0.15) is 5.75 Å². The van der Waals surface area contributed by atoms with E-state index < -0.39 is 0 Å². The maximum absolute atomic E-state index is 11.2. The number of rotatable bonds is 2. The molecule has 4 aliphatic carbocycles. The van der Waals surface area contributed by atoms with Gasteiger partial charge in [0.15, 0.2) is 0 Å². The standard InChI is InChI=1S/C25H22N2O/c28-25-21-13-11-19-8-6-18(7-9-19)10-12-20(14-15-21)24(25)23-16-17-26-27(23)22-4-2-1-3-5-22/h1-9,14-17,28H,10-13H2. The molecule has 4 bridgehead atoms.